The number of piperidine rings is 1. The van der Waals surface area contributed by atoms with E-state index in [1.165, 1.54) is 6.07 Å². The quantitative estimate of drug-likeness (QED) is 0.588. The van der Waals surface area contributed by atoms with Crippen LogP contribution in [0.2, 0.25) is 0 Å². The highest BCUT2D eigenvalue weighted by atomic mass is 16.2. The number of rotatable bonds is 3. The fourth-order valence-corrected chi connectivity index (χ4v) is 2.89. The molecule has 1 unspecified atom stereocenters. The van der Waals surface area contributed by atoms with Crippen molar-refractivity contribution in [3.63, 3.8) is 0 Å². The van der Waals surface area contributed by atoms with E-state index in [1.54, 1.807) is 6.07 Å². The fourth-order valence-electron chi connectivity index (χ4n) is 2.89. The van der Waals surface area contributed by atoms with Crippen LogP contribution in [0.1, 0.15) is 44.7 Å². The monoisotopic (exact) mass is 314 g/mol. The lowest BCUT2D eigenvalue weighted by atomic mass is 9.99. The normalized spacial score (nSPS) is 20.0. The summed E-state index contributed by atoms with van der Waals surface area (Å²) in [6.07, 6.45) is 1.44. The molecule has 118 valence electrons. The minimum atomic E-state index is -0.811. The number of hydrogen-bond acceptors (Lipinski definition) is 5. The van der Waals surface area contributed by atoms with Gasteiger partial charge in [0, 0.05) is 24.8 Å². The summed E-state index contributed by atoms with van der Waals surface area (Å²) in [6, 6.07) is 2.27. The van der Waals surface area contributed by atoms with Crippen LogP contribution in [0.5, 0.6) is 0 Å². The number of imide groups is 1. The van der Waals surface area contributed by atoms with Crippen molar-refractivity contribution < 1.29 is 24.0 Å². The Morgan fingerprint density at radius 2 is 1.87 bits per heavy atom. The van der Waals surface area contributed by atoms with Crippen molar-refractivity contribution in [1.82, 2.24) is 10.6 Å². The standard InChI is InChI=1S/C16H14N2O5/c19-7-10-3-8-4-11(20)5-9(8)6-12(10)15(22)17-13-1-2-14(21)18-16(13)23/h3,6-7,13H,1-2,4-5H2,(H,17,22)(H,18,21,23). The number of nitrogens with one attached hydrogen (secondary N) is 2. The molecule has 1 heterocycles. The number of fused-ring (bicyclic) bond motifs is 1. The van der Waals surface area contributed by atoms with Crippen LogP contribution in [-0.4, -0.2) is 35.8 Å². The number of ketones is 1. The molecule has 0 saturated carbocycles. The predicted molar refractivity (Wildman–Crippen MR) is 77.9 cm³/mol. The first kappa shape index (κ1) is 15.1. The highest BCUT2D eigenvalue weighted by Crippen LogP contribution is 2.23. The van der Waals surface area contributed by atoms with Crippen molar-refractivity contribution in [2.45, 2.75) is 31.7 Å². The summed E-state index contributed by atoms with van der Waals surface area (Å²) >= 11 is 0. The second-order valence-corrected chi connectivity index (χ2v) is 5.70. The van der Waals surface area contributed by atoms with Gasteiger partial charge < -0.3 is 5.32 Å². The van der Waals surface area contributed by atoms with Crippen LogP contribution in [0.3, 0.4) is 0 Å². The lowest BCUT2D eigenvalue weighted by Crippen LogP contribution is -2.52. The molecule has 2 N–H and O–H groups in total. The highest BCUT2D eigenvalue weighted by molar-refractivity contribution is 6.06. The summed E-state index contributed by atoms with van der Waals surface area (Å²) in [5.74, 6) is -1.45. The summed E-state index contributed by atoms with van der Waals surface area (Å²) < 4.78 is 0. The first-order chi connectivity index (χ1) is 11.0. The zero-order valence-corrected chi connectivity index (χ0v) is 12.2. The number of benzene rings is 1. The van der Waals surface area contributed by atoms with Crippen molar-refractivity contribution in [2.24, 2.45) is 0 Å². The number of carbonyl (C=O) groups is 5. The summed E-state index contributed by atoms with van der Waals surface area (Å²) in [5, 5.41) is 4.69. The van der Waals surface area contributed by atoms with Crippen molar-refractivity contribution >= 4 is 29.8 Å². The lowest BCUT2D eigenvalue weighted by Gasteiger charge is -2.22. The molecule has 1 aliphatic heterocycles. The first-order valence-corrected chi connectivity index (χ1v) is 7.25. The molecule has 1 aromatic rings. The van der Waals surface area contributed by atoms with Crippen LogP contribution in [0, 0.1) is 0 Å². The molecule has 2 aliphatic rings. The van der Waals surface area contributed by atoms with Gasteiger partial charge >= 0.3 is 0 Å². The van der Waals surface area contributed by atoms with Gasteiger partial charge in [0.25, 0.3) is 5.91 Å². The Kier molecular flexibility index (Phi) is 3.77. The average molecular weight is 314 g/mol. The molecule has 3 rings (SSSR count). The Morgan fingerprint density at radius 3 is 2.52 bits per heavy atom. The molecule has 3 amide bonds. The number of amides is 3. The predicted octanol–water partition coefficient (Wildman–Crippen LogP) is -0.298. The zero-order valence-electron chi connectivity index (χ0n) is 12.2. The van der Waals surface area contributed by atoms with Crippen LogP contribution >= 0.6 is 0 Å². The molecule has 7 heteroatoms. The maximum atomic E-state index is 12.4. The molecule has 1 fully saturated rings. The summed E-state index contributed by atoms with van der Waals surface area (Å²) in [6.45, 7) is 0. The van der Waals surface area contributed by atoms with Gasteiger partial charge in [0.15, 0.2) is 6.29 Å². The Hall–Kier alpha value is -2.83. The summed E-state index contributed by atoms with van der Waals surface area (Å²) in [7, 11) is 0. The number of aldehydes is 1. The van der Waals surface area contributed by atoms with Gasteiger partial charge in [-0.2, -0.15) is 0 Å². The molecule has 0 bridgehead atoms. The van der Waals surface area contributed by atoms with Crippen molar-refractivity contribution in [3.8, 4) is 0 Å². The van der Waals surface area contributed by atoms with Gasteiger partial charge in [-0.15, -0.1) is 0 Å². The molecule has 1 saturated heterocycles. The number of carbonyl (C=O) groups excluding carboxylic acids is 5. The maximum Gasteiger partial charge on any atom is 0.252 e. The molecule has 0 spiro atoms. The van der Waals surface area contributed by atoms with Gasteiger partial charge in [-0.05, 0) is 29.7 Å². The third-order valence-electron chi connectivity index (χ3n) is 4.06. The van der Waals surface area contributed by atoms with Gasteiger partial charge in [0.2, 0.25) is 11.8 Å². The summed E-state index contributed by atoms with van der Waals surface area (Å²) in [4.78, 5) is 57.9. The third kappa shape index (κ3) is 2.90. The molecule has 0 radical (unpaired) electrons. The first-order valence-electron chi connectivity index (χ1n) is 7.25. The van der Waals surface area contributed by atoms with Crippen LogP contribution in [0.25, 0.3) is 0 Å². The fraction of sp³-hybridized carbons (Fsp3) is 0.312. The Morgan fingerprint density at radius 1 is 1.17 bits per heavy atom. The second kappa shape index (κ2) is 5.75. The van der Waals surface area contributed by atoms with E-state index in [1.807, 2.05) is 0 Å². The molecule has 1 atom stereocenters. The van der Waals surface area contributed by atoms with E-state index in [0.29, 0.717) is 6.29 Å². The SMILES string of the molecule is O=Cc1cc2c(cc1C(=O)NC1CCC(=O)NC1=O)CC(=O)C2. The molecule has 1 aromatic carbocycles. The minimum Gasteiger partial charge on any atom is -0.340 e. The highest BCUT2D eigenvalue weighted by Gasteiger charge is 2.29. The average Bonchev–Trinajstić information content (AvgIpc) is 2.87. The number of Topliss-reactive ketones (excluding diaryl/α,β-unsaturated/α-hetero) is 1. The van der Waals surface area contributed by atoms with Crippen LogP contribution in [-0.2, 0) is 27.2 Å². The lowest BCUT2D eigenvalue weighted by molar-refractivity contribution is -0.134. The topological polar surface area (TPSA) is 109 Å². The van der Waals surface area contributed by atoms with Gasteiger partial charge in [-0.25, -0.2) is 0 Å². The molecule has 7 nitrogen and oxygen atoms in total. The van der Waals surface area contributed by atoms with Gasteiger partial charge in [0.1, 0.15) is 11.8 Å². The van der Waals surface area contributed by atoms with E-state index in [-0.39, 0.29) is 48.5 Å². The largest absolute Gasteiger partial charge is 0.340 e. The molecule has 0 aromatic heterocycles. The van der Waals surface area contributed by atoms with Gasteiger partial charge in [-0.1, -0.05) is 0 Å². The zero-order chi connectivity index (χ0) is 16.6. The Labute approximate surface area is 131 Å². The third-order valence-corrected chi connectivity index (χ3v) is 4.06. The molecule has 23 heavy (non-hydrogen) atoms. The van der Waals surface area contributed by atoms with E-state index >= 15 is 0 Å². The van der Waals surface area contributed by atoms with Gasteiger partial charge in [0.05, 0.1) is 5.56 Å². The van der Waals surface area contributed by atoms with Crippen molar-refractivity contribution in [3.05, 3.63) is 34.4 Å². The number of hydrogen-bond donors (Lipinski definition) is 2. The Bertz CT molecular complexity index is 753. The van der Waals surface area contributed by atoms with E-state index < -0.39 is 17.9 Å². The van der Waals surface area contributed by atoms with Crippen molar-refractivity contribution in [2.75, 3.05) is 0 Å². The molecule has 1 aliphatic carbocycles. The van der Waals surface area contributed by atoms with E-state index in [2.05, 4.69) is 10.6 Å². The minimum absolute atomic E-state index is 0.0413. The van der Waals surface area contributed by atoms with Crippen LogP contribution < -0.4 is 10.6 Å². The maximum absolute atomic E-state index is 12.4. The smallest absolute Gasteiger partial charge is 0.252 e. The summed E-state index contributed by atoms with van der Waals surface area (Å²) in [5.41, 5.74) is 1.81. The van der Waals surface area contributed by atoms with Gasteiger partial charge in [-0.3, -0.25) is 29.3 Å². The Balaban J connectivity index is 1.84. The van der Waals surface area contributed by atoms with E-state index in [9.17, 15) is 24.0 Å². The molecular weight excluding hydrogens is 300 g/mol. The molecular formula is C16H14N2O5. The van der Waals surface area contributed by atoms with Crippen molar-refractivity contribution in [1.29, 1.82) is 0 Å². The van der Waals surface area contributed by atoms with Crippen LogP contribution in [0.4, 0.5) is 0 Å². The van der Waals surface area contributed by atoms with E-state index in [0.717, 1.165) is 11.1 Å². The van der Waals surface area contributed by atoms with Crippen LogP contribution in [0.15, 0.2) is 12.1 Å². The van der Waals surface area contributed by atoms with E-state index in [4.69, 9.17) is 0 Å². The second-order valence-electron chi connectivity index (χ2n) is 5.70.